The maximum Gasteiger partial charge on any atom is 0.225 e. The van der Waals surface area contributed by atoms with Gasteiger partial charge in [-0.15, -0.1) is 0 Å². The molecule has 0 aliphatic rings. The van der Waals surface area contributed by atoms with E-state index in [4.69, 9.17) is 4.74 Å². The van der Waals surface area contributed by atoms with Gasteiger partial charge >= 0.3 is 0 Å². The zero-order valence-electron chi connectivity index (χ0n) is 12.7. The summed E-state index contributed by atoms with van der Waals surface area (Å²) in [5.74, 6) is 2.18. The number of rotatable bonds is 7. The highest BCUT2D eigenvalue weighted by atomic mass is 32.2. The van der Waals surface area contributed by atoms with Crippen LogP contribution in [0.3, 0.4) is 0 Å². The molecule has 1 heterocycles. The van der Waals surface area contributed by atoms with Gasteiger partial charge in [-0.05, 0) is 36.8 Å². The van der Waals surface area contributed by atoms with E-state index in [1.807, 2.05) is 30.5 Å². The fraction of sp³-hybridized carbons (Fsp3) is 0.375. The van der Waals surface area contributed by atoms with Crippen LogP contribution in [0.4, 0.5) is 5.82 Å². The second kappa shape index (κ2) is 7.88. The maximum atomic E-state index is 5.88. The van der Waals surface area contributed by atoms with E-state index in [1.165, 1.54) is 17.3 Å². The molecule has 0 saturated heterocycles. The maximum absolute atomic E-state index is 5.88. The Morgan fingerprint density at radius 3 is 2.76 bits per heavy atom. The fourth-order valence-corrected chi connectivity index (χ4v) is 2.21. The second-order valence-corrected chi connectivity index (χ2v) is 5.38. The molecule has 0 amide bonds. The van der Waals surface area contributed by atoms with Crippen LogP contribution < -0.4 is 10.1 Å². The third kappa shape index (κ3) is 4.63. The van der Waals surface area contributed by atoms with Gasteiger partial charge in [0.25, 0.3) is 0 Å². The average Bonchev–Trinajstić information content (AvgIpc) is 2.52. The molecule has 0 spiro atoms. The van der Waals surface area contributed by atoms with Gasteiger partial charge in [-0.1, -0.05) is 37.7 Å². The lowest BCUT2D eigenvalue weighted by atomic mass is 10.2. The molecule has 21 heavy (non-hydrogen) atoms. The van der Waals surface area contributed by atoms with Crippen molar-refractivity contribution in [1.82, 2.24) is 9.97 Å². The molecule has 0 bridgehead atoms. The minimum Gasteiger partial charge on any atom is -0.439 e. The second-order valence-electron chi connectivity index (χ2n) is 4.61. The van der Waals surface area contributed by atoms with E-state index in [2.05, 4.69) is 35.2 Å². The summed E-state index contributed by atoms with van der Waals surface area (Å²) in [6.45, 7) is 5.13. The summed E-state index contributed by atoms with van der Waals surface area (Å²) in [4.78, 5) is 8.83. The van der Waals surface area contributed by atoms with Crippen LogP contribution in [0.5, 0.6) is 11.6 Å². The number of hydrogen-bond donors (Lipinski definition) is 1. The number of thioether (sulfide) groups is 1. The third-order valence-corrected chi connectivity index (χ3v) is 3.50. The van der Waals surface area contributed by atoms with Crippen molar-refractivity contribution in [3.63, 3.8) is 0 Å². The lowest BCUT2D eigenvalue weighted by Gasteiger charge is -2.10. The van der Waals surface area contributed by atoms with Gasteiger partial charge in [-0.25, -0.2) is 4.98 Å². The molecule has 2 rings (SSSR count). The number of aromatic nitrogens is 2. The molecular formula is C16H21N3OS. The first-order chi connectivity index (χ1) is 10.2. The van der Waals surface area contributed by atoms with Crippen LogP contribution in [0.1, 0.15) is 25.8 Å². The van der Waals surface area contributed by atoms with Crippen LogP contribution in [0, 0.1) is 0 Å². The molecule has 0 unspecified atom stereocenters. The lowest BCUT2D eigenvalue weighted by molar-refractivity contribution is 0.455. The highest BCUT2D eigenvalue weighted by Gasteiger charge is 2.06. The van der Waals surface area contributed by atoms with Gasteiger partial charge in [0.1, 0.15) is 11.6 Å². The predicted octanol–water partition coefficient (Wildman–Crippen LogP) is 4.38. The van der Waals surface area contributed by atoms with Gasteiger partial charge in [-0.2, -0.15) is 4.98 Å². The number of aryl methyl sites for hydroxylation is 1. The number of benzene rings is 1. The summed E-state index contributed by atoms with van der Waals surface area (Å²) in [6, 6.07) is 9.92. The van der Waals surface area contributed by atoms with Gasteiger partial charge in [-0.3, -0.25) is 0 Å². The predicted molar refractivity (Wildman–Crippen MR) is 88.5 cm³/mol. The van der Waals surface area contributed by atoms with Crippen molar-refractivity contribution in [2.24, 2.45) is 0 Å². The number of nitrogens with zero attached hydrogens (tertiary/aromatic N) is 2. The van der Waals surface area contributed by atoms with E-state index < -0.39 is 0 Å². The largest absolute Gasteiger partial charge is 0.439 e. The topological polar surface area (TPSA) is 47.0 Å². The fourth-order valence-electron chi connectivity index (χ4n) is 1.84. The molecule has 0 saturated carbocycles. The van der Waals surface area contributed by atoms with E-state index in [0.717, 1.165) is 31.0 Å². The number of hydrogen-bond acceptors (Lipinski definition) is 5. The monoisotopic (exact) mass is 303 g/mol. The van der Waals surface area contributed by atoms with Crippen molar-refractivity contribution < 1.29 is 4.74 Å². The molecule has 112 valence electrons. The minimum atomic E-state index is 0.571. The third-order valence-electron chi connectivity index (χ3n) is 2.95. The smallest absolute Gasteiger partial charge is 0.225 e. The van der Waals surface area contributed by atoms with Crippen LogP contribution in [-0.4, -0.2) is 22.8 Å². The number of anilines is 1. The molecule has 2 aromatic rings. The van der Waals surface area contributed by atoms with Gasteiger partial charge < -0.3 is 10.1 Å². The molecule has 0 fully saturated rings. The first kappa shape index (κ1) is 15.6. The average molecular weight is 303 g/mol. The van der Waals surface area contributed by atoms with Crippen LogP contribution in [0.25, 0.3) is 0 Å². The first-order valence-electron chi connectivity index (χ1n) is 7.19. The molecule has 5 heteroatoms. The summed E-state index contributed by atoms with van der Waals surface area (Å²) < 4.78 is 5.88. The van der Waals surface area contributed by atoms with Gasteiger partial charge in [0.05, 0.1) is 0 Å². The van der Waals surface area contributed by atoms with E-state index in [1.54, 1.807) is 0 Å². The summed E-state index contributed by atoms with van der Waals surface area (Å²) in [5.41, 5.74) is 1.25. The van der Waals surface area contributed by atoms with Crippen LogP contribution in [0.15, 0.2) is 35.5 Å². The first-order valence-corrected chi connectivity index (χ1v) is 8.41. The Hall–Kier alpha value is -1.75. The zero-order valence-corrected chi connectivity index (χ0v) is 13.5. The number of ether oxygens (including phenoxy) is 1. The van der Waals surface area contributed by atoms with Crippen molar-refractivity contribution in [2.45, 2.75) is 31.8 Å². The summed E-state index contributed by atoms with van der Waals surface area (Å²) >= 11 is 1.51. The normalized spacial score (nSPS) is 10.4. The molecule has 1 aromatic heterocycles. The molecule has 4 nitrogen and oxygen atoms in total. The van der Waals surface area contributed by atoms with Gasteiger partial charge in [0.2, 0.25) is 5.88 Å². The Labute approximate surface area is 130 Å². The molecule has 1 aromatic carbocycles. The molecule has 1 N–H and O–H groups in total. The summed E-state index contributed by atoms with van der Waals surface area (Å²) in [6.07, 6.45) is 3.99. The Balaban J connectivity index is 2.21. The Bertz CT molecular complexity index is 589. The van der Waals surface area contributed by atoms with Crippen molar-refractivity contribution in [1.29, 1.82) is 0 Å². The molecule has 0 radical (unpaired) electrons. The Morgan fingerprint density at radius 1 is 1.19 bits per heavy atom. The Kier molecular flexibility index (Phi) is 5.87. The summed E-state index contributed by atoms with van der Waals surface area (Å²) in [5, 5.41) is 3.98. The van der Waals surface area contributed by atoms with Crippen LogP contribution in [0.2, 0.25) is 0 Å². The number of nitrogens with one attached hydrogen (secondary N) is 1. The summed E-state index contributed by atoms with van der Waals surface area (Å²) in [7, 11) is 0. The highest BCUT2D eigenvalue weighted by molar-refractivity contribution is 7.98. The van der Waals surface area contributed by atoms with E-state index in [-0.39, 0.29) is 0 Å². The quantitative estimate of drug-likeness (QED) is 0.607. The standard InChI is InChI=1S/C16H21N3OS/c1-4-9-17-14-11-15(19-16(18-14)21-3)20-13-8-6-7-12(5-2)10-13/h6-8,10-11H,4-5,9H2,1-3H3,(H,17,18,19). The molecule has 0 aliphatic carbocycles. The van der Waals surface area contributed by atoms with E-state index >= 15 is 0 Å². The molecular weight excluding hydrogens is 282 g/mol. The lowest BCUT2D eigenvalue weighted by Crippen LogP contribution is -2.04. The van der Waals surface area contributed by atoms with Crippen molar-refractivity contribution in [3.05, 3.63) is 35.9 Å². The van der Waals surface area contributed by atoms with Crippen molar-refractivity contribution in [3.8, 4) is 11.6 Å². The minimum absolute atomic E-state index is 0.571. The van der Waals surface area contributed by atoms with Crippen LogP contribution in [-0.2, 0) is 6.42 Å². The van der Waals surface area contributed by atoms with Gasteiger partial charge in [0, 0.05) is 12.6 Å². The van der Waals surface area contributed by atoms with Crippen molar-refractivity contribution >= 4 is 17.6 Å². The SMILES string of the molecule is CCCNc1cc(Oc2cccc(CC)c2)nc(SC)n1. The van der Waals surface area contributed by atoms with Crippen molar-refractivity contribution in [2.75, 3.05) is 18.1 Å². The highest BCUT2D eigenvalue weighted by Crippen LogP contribution is 2.25. The van der Waals surface area contributed by atoms with E-state index in [0.29, 0.717) is 11.0 Å². The molecule has 0 aliphatic heterocycles. The van der Waals surface area contributed by atoms with E-state index in [9.17, 15) is 0 Å². The van der Waals surface area contributed by atoms with Crippen LogP contribution >= 0.6 is 11.8 Å². The molecule has 0 atom stereocenters. The van der Waals surface area contributed by atoms with Gasteiger partial charge in [0.15, 0.2) is 5.16 Å². The zero-order chi connectivity index (χ0) is 15.1. The Morgan fingerprint density at radius 2 is 2.05 bits per heavy atom.